The Morgan fingerprint density at radius 3 is 2.42 bits per heavy atom. The van der Waals surface area contributed by atoms with Crippen LogP contribution in [-0.2, 0) is 44.4 Å². The number of hydrogen-bond donors (Lipinski definition) is 3. The Balaban J connectivity index is 1.22. The third-order valence-electron chi connectivity index (χ3n) is 8.34. The van der Waals surface area contributed by atoms with Crippen LogP contribution in [0.4, 0.5) is 5.69 Å². The zero-order valence-electron chi connectivity index (χ0n) is 27.7. The maximum absolute atomic E-state index is 13.8. The molecule has 6 rings (SSSR count). The monoisotopic (exact) mass is 713 g/mol. The van der Waals surface area contributed by atoms with Gasteiger partial charge in [0.05, 0.1) is 23.7 Å². The number of nitrogens with zero attached hydrogens (tertiary/aromatic N) is 3. The van der Waals surface area contributed by atoms with E-state index in [4.69, 9.17) is 9.47 Å². The Kier molecular flexibility index (Phi) is 11.4. The van der Waals surface area contributed by atoms with E-state index < -0.39 is 28.3 Å². The molecule has 1 fully saturated rings. The number of aliphatic hydroxyl groups is 1. The molecule has 13 heteroatoms. The average Bonchev–Trinajstić information content (AvgIpc) is 3.55. The molecule has 5 aromatic rings. The van der Waals surface area contributed by atoms with Crippen LogP contribution in [0, 0.1) is 6.92 Å². The van der Waals surface area contributed by atoms with E-state index in [0.29, 0.717) is 23.4 Å². The second-order valence-electron chi connectivity index (χ2n) is 12.2. The third-order valence-corrected chi connectivity index (χ3v) is 11.0. The van der Waals surface area contributed by atoms with Gasteiger partial charge in [0.25, 0.3) is 0 Å². The molecule has 0 aliphatic carbocycles. The van der Waals surface area contributed by atoms with Gasteiger partial charge in [-0.25, -0.2) is 8.42 Å². The minimum absolute atomic E-state index is 0.0490. The summed E-state index contributed by atoms with van der Waals surface area (Å²) >= 11 is 1.54. The van der Waals surface area contributed by atoms with Gasteiger partial charge in [-0.05, 0) is 54.3 Å². The molecule has 0 radical (unpaired) electrons. The second-order valence-corrected chi connectivity index (χ2v) is 14.9. The number of amides is 1. The van der Waals surface area contributed by atoms with Crippen LogP contribution in [-0.4, -0.2) is 52.1 Å². The molecule has 11 nitrogen and oxygen atoms in total. The number of sulfonamides is 1. The summed E-state index contributed by atoms with van der Waals surface area (Å²) < 4.78 is 44.2. The predicted octanol–water partition coefficient (Wildman–Crippen LogP) is 5.48. The molecule has 1 saturated heterocycles. The third kappa shape index (κ3) is 9.04. The van der Waals surface area contributed by atoms with Crippen LogP contribution in [0.3, 0.4) is 0 Å². The largest absolute Gasteiger partial charge is 0.392 e. The molecule has 3 N–H and O–H groups in total. The van der Waals surface area contributed by atoms with Crippen molar-refractivity contribution < 1.29 is 27.8 Å². The maximum atomic E-state index is 13.8. The Labute approximate surface area is 296 Å². The number of benzene rings is 4. The number of rotatable bonds is 13. The standard InChI is InChI=1S/C37H39N5O6S2/c1-25-11-17-32(18-12-25)50(45,46)41-33(19-26-7-4-3-5-8-26)35(44)39-30-10-6-9-29(20-30)36-47-31(23-49-37-40-38-24-42(37)2)21-34(48-36)28-15-13-27(22-43)14-16-28/h3-18,20,24,31,33-34,36,41,43H,19,21-23H2,1-2H3,(H,39,44)/t31-,33+,34+,36+/m0/s1. The lowest BCUT2D eigenvalue weighted by molar-refractivity contribution is -0.245. The van der Waals surface area contributed by atoms with E-state index >= 15 is 0 Å². The SMILES string of the molecule is Cc1ccc(S(=O)(=O)N[C@H](Cc2ccccc2)C(=O)Nc2cccc([C@@H]3O[C@H](CSc4nncn4C)C[C@H](c4ccc(CO)cc4)O3)c2)cc1. The van der Waals surface area contributed by atoms with Crippen molar-refractivity contribution in [3.05, 3.63) is 137 Å². The molecule has 1 aliphatic heterocycles. The number of thioether (sulfide) groups is 1. The zero-order chi connectivity index (χ0) is 35.1. The van der Waals surface area contributed by atoms with Gasteiger partial charge in [0.15, 0.2) is 11.4 Å². The van der Waals surface area contributed by atoms with E-state index in [1.54, 1.807) is 48.4 Å². The molecule has 260 valence electrons. The summed E-state index contributed by atoms with van der Waals surface area (Å²) in [6.45, 7) is 1.83. The maximum Gasteiger partial charge on any atom is 0.242 e. The van der Waals surface area contributed by atoms with E-state index in [-0.39, 0.29) is 30.1 Å². The van der Waals surface area contributed by atoms with E-state index in [1.165, 1.54) is 12.1 Å². The molecule has 50 heavy (non-hydrogen) atoms. The van der Waals surface area contributed by atoms with Crippen molar-refractivity contribution in [3.63, 3.8) is 0 Å². The van der Waals surface area contributed by atoms with Gasteiger partial charge in [-0.2, -0.15) is 4.72 Å². The number of nitrogens with one attached hydrogen (secondary N) is 2. The molecule has 0 unspecified atom stereocenters. The fraction of sp³-hybridized carbons (Fsp3) is 0.270. The molecule has 4 atom stereocenters. The van der Waals surface area contributed by atoms with Crippen LogP contribution >= 0.6 is 11.8 Å². The molecule has 4 aromatic carbocycles. The number of carbonyl (C=O) groups excluding carboxylic acids is 1. The highest BCUT2D eigenvalue weighted by Gasteiger charge is 2.33. The first-order chi connectivity index (χ1) is 24.2. The van der Waals surface area contributed by atoms with Crippen molar-refractivity contribution in [2.24, 2.45) is 7.05 Å². The minimum Gasteiger partial charge on any atom is -0.392 e. The van der Waals surface area contributed by atoms with Gasteiger partial charge in [-0.1, -0.05) is 96.2 Å². The highest BCUT2D eigenvalue weighted by atomic mass is 32.2. The molecule has 0 spiro atoms. The number of anilines is 1. The number of carbonyl (C=O) groups is 1. The van der Waals surface area contributed by atoms with E-state index in [2.05, 4.69) is 20.2 Å². The number of aliphatic hydroxyl groups excluding tert-OH is 1. The zero-order valence-corrected chi connectivity index (χ0v) is 29.3. The fourth-order valence-corrected chi connectivity index (χ4v) is 7.70. The summed E-state index contributed by atoms with van der Waals surface area (Å²) in [6.07, 6.45) is 1.14. The predicted molar refractivity (Wildman–Crippen MR) is 191 cm³/mol. The highest BCUT2D eigenvalue weighted by Crippen LogP contribution is 2.39. The average molecular weight is 714 g/mol. The molecule has 1 aliphatic rings. The fourth-order valence-electron chi connectivity index (χ4n) is 5.60. The van der Waals surface area contributed by atoms with Crippen LogP contribution in [0.2, 0.25) is 0 Å². The molecule has 0 bridgehead atoms. The van der Waals surface area contributed by atoms with Gasteiger partial charge in [0.1, 0.15) is 12.4 Å². The smallest absolute Gasteiger partial charge is 0.242 e. The van der Waals surface area contributed by atoms with E-state index in [0.717, 1.165) is 27.4 Å². The molecule has 1 aromatic heterocycles. The van der Waals surface area contributed by atoms with Crippen LogP contribution in [0.25, 0.3) is 0 Å². The molecule has 0 saturated carbocycles. The molecular formula is C37H39N5O6S2. The van der Waals surface area contributed by atoms with Gasteiger partial charge in [0, 0.05) is 30.5 Å². The van der Waals surface area contributed by atoms with Crippen LogP contribution < -0.4 is 10.0 Å². The van der Waals surface area contributed by atoms with Crippen molar-refractivity contribution in [2.45, 2.75) is 61.0 Å². The summed E-state index contributed by atoms with van der Waals surface area (Å²) in [4.78, 5) is 13.9. The Bertz CT molecular complexity index is 1990. The summed E-state index contributed by atoms with van der Waals surface area (Å²) in [7, 11) is -2.12. The van der Waals surface area contributed by atoms with Crippen LogP contribution in [0.5, 0.6) is 0 Å². The first-order valence-electron chi connectivity index (χ1n) is 16.2. The highest BCUT2D eigenvalue weighted by molar-refractivity contribution is 7.99. The normalized spacial score (nSPS) is 18.4. The van der Waals surface area contributed by atoms with Crippen molar-refractivity contribution >= 4 is 33.4 Å². The second kappa shape index (κ2) is 16.1. The molecule has 1 amide bonds. The number of hydrogen-bond acceptors (Lipinski definition) is 9. The Hall–Kier alpha value is -4.37. The summed E-state index contributed by atoms with van der Waals surface area (Å²) in [5, 5.41) is 21.4. The summed E-state index contributed by atoms with van der Waals surface area (Å²) in [5.74, 6) is 0.100. The molecular weight excluding hydrogens is 675 g/mol. The lowest BCUT2D eigenvalue weighted by Crippen LogP contribution is -2.45. The summed E-state index contributed by atoms with van der Waals surface area (Å²) in [5.41, 5.74) is 4.65. The minimum atomic E-state index is -4.00. The number of ether oxygens (including phenoxy) is 2. The van der Waals surface area contributed by atoms with Crippen molar-refractivity contribution in [1.29, 1.82) is 0 Å². The first-order valence-corrected chi connectivity index (χ1v) is 18.6. The summed E-state index contributed by atoms with van der Waals surface area (Å²) in [6, 6.07) is 29.5. The number of aryl methyl sites for hydroxylation is 2. The molecule has 2 heterocycles. The van der Waals surface area contributed by atoms with Crippen molar-refractivity contribution in [3.8, 4) is 0 Å². The van der Waals surface area contributed by atoms with Gasteiger partial charge >= 0.3 is 0 Å². The lowest BCUT2D eigenvalue weighted by Gasteiger charge is -2.36. The Morgan fingerprint density at radius 2 is 1.72 bits per heavy atom. The van der Waals surface area contributed by atoms with Gasteiger partial charge in [-0.15, -0.1) is 10.2 Å². The quantitative estimate of drug-likeness (QED) is 0.135. The lowest BCUT2D eigenvalue weighted by atomic mass is 10.0. The van der Waals surface area contributed by atoms with Crippen LogP contribution in [0.15, 0.2) is 120 Å². The van der Waals surface area contributed by atoms with E-state index in [1.807, 2.05) is 79.2 Å². The van der Waals surface area contributed by atoms with Gasteiger partial charge in [0.2, 0.25) is 15.9 Å². The van der Waals surface area contributed by atoms with Gasteiger partial charge < -0.3 is 24.5 Å². The van der Waals surface area contributed by atoms with Crippen molar-refractivity contribution in [2.75, 3.05) is 11.1 Å². The number of aromatic nitrogens is 3. The van der Waals surface area contributed by atoms with Crippen LogP contribution in [0.1, 0.15) is 46.6 Å². The van der Waals surface area contributed by atoms with E-state index in [9.17, 15) is 18.3 Å². The Morgan fingerprint density at radius 1 is 0.960 bits per heavy atom. The van der Waals surface area contributed by atoms with Crippen molar-refractivity contribution in [1.82, 2.24) is 19.5 Å². The first kappa shape index (κ1) is 35.5. The van der Waals surface area contributed by atoms with Gasteiger partial charge in [-0.3, -0.25) is 4.79 Å². The topological polar surface area (TPSA) is 145 Å².